The first-order valence-electron chi connectivity index (χ1n) is 3.48. The van der Waals surface area contributed by atoms with Crippen LogP contribution < -0.4 is 0 Å². The number of hydrogen-bond donors (Lipinski definition) is 0. The number of halogens is 2. The molecule has 13 heavy (non-hydrogen) atoms. The summed E-state index contributed by atoms with van der Waals surface area (Å²) in [5.41, 5.74) is 1.33. The maximum Gasteiger partial charge on any atom is 0 e. The van der Waals surface area contributed by atoms with Crippen LogP contribution >= 0.6 is 24.8 Å². The van der Waals surface area contributed by atoms with Gasteiger partial charge in [-0.3, -0.25) is 0 Å². The number of fused-ring (bicyclic) bond motifs is 1. The second-order valence-electron chi connectivity index (χ2n) is 2.66. The standard InChI is InChI=1S/C10H9.2ClH.Hf/c1-8-5-6-9-3-2-4-10(9)7-8;;;/h2-7H,1H3;2*1H;/q-1;;;. The zero-order valence-electron chi connectivity index (χ0n) is 7.28. The van der Waals surface area contributed by atoms with Crippen molar-refractivity contribution in [3.05, 3.63) is 42.0 Å². The Hall–Kier alpha value is 0.280. The van der Waals surface area contributed by atoms with Crippen molar-refractivity contribution in [1.29, 1.82) is 0 Å². The summed E-state index contributed by atoms with van der Waals surface area (Å²) in [5, 5.41) is 2.69. The molecule has 2 rings (SSSR count). The first-order chi connectivity index (χ1) is 4.86. The van der Waals surface area contributed by atoms with Gasteiger partial charge in [0.1, 0.15) is 0 Å². The predicted molar refractivity (Wildman–Crippen MR) is 58.8 cm³/mol. The molecule has 0 aliphatic rings. The van der Waals surface area contributed by atoms with Gasteiger partial charge in [-0.2, -0.15) is 17.5 Å². The Kier molecular flexibility index (Phi) is 8.10. The van der Waals surface area contributed by atoms with Gasteiger partial charge in [-0.05, 0) is 6.92 Å². The van der Waals surface area contributed by atoms with Crippen LogP contribution in [0.15, 0.2) is 36.4 Å². The second-order valence-corrected chi connectivity index (χ2v) is 2.66. The maximum absolute atomic E-state index is 2.20. The quantitative estimate of drug-likeness (QED) is 0.483. The Morgan fingerprint density at radius 1 is 1.08 bits per heavy atom. The number of aryl methyl sites for hydroxylation is 1. The normalized spacial score (nSPS) is 8.08. The molecule has 0 radical (unpaired) electrons. The van der Waals surface area contributed by atoms with Crippen molar-refractivity contribution in [2.75, 3.05) is 0 Å². The van der Waals surface area contributed by atoms with E-state index in [9.17, 15) is 0 Å². The molecule has 0 heterocycles. The van der Waals surface area contributed by atoms with E-state index in [2.05, 4.69) is 43.3 Å². The summed E-state index contributed by atoms with van der Waals surface area (Å²) >= 11 is 0. The van der Waals surface area contributed by atoms with Gasteiger partial charge < -0.3 is 0 Å². The third kappa shape index (κ3) is 3.49. The van der Waals surface area contributed by atoms with E-state index in [-0.39, 0.29) is 50.7 Å². The van der Waals surface area contributed by atoms with E-state index in [1.807, 2.05) is 0 Å². The van der Waals surface area contributed by atoms with Crippen LogP contribution in [0, 0.1) is 6.92 Å². The molecule has 0 bridgehead atoms. The van der Waals surface area contributed by atoms with Crippen molar-refractivity contribution >= 4 is 35.6 Å². The molecule has 0 atom stereocenters. The zero-order chi connectivity index (χ0) is 6.97. The average molecular weight is 381 g/mol. The Bertz CT molecular complexity index is 354. The summed E-state index contributed by atoms with van der Waals surface area (Å²) in [7, 11) is 0. The van der Waals surface area contributed by atoms with E-state index in [4.69, 9.17) is 0 Å². The molecular weight excluding hydrogens is 370 g/mol. The topological polar surface area (TPSA) is 0 Å². The molecule has 2 aromatic carbocycles. The fourth-order valence-corrected chi connectivity index (χ4v) is 1.25. The minimum Gasteiger partial charge on any atom is -0.168 e. The first-order valence-corrected chi connectivity index (χ1v) is 3.48. The van der Waals surface area contributed by atoms with Crippen molar-refractivity contribution in [1.82, 2.24) is 0 Å². The molecule has 3 heteroatoms. The molecule has 0 saturated carbocycles. The summed E-state index contributed by atoms with van der Waals surface area (Å²) in [4.78, 5) is 0. The summed E-state index contributed by atoms with van der Waals surface area (Å²) in [6, 6.07) is 12.9. The van der Waals surface area contributed by atoms with Crippen LogP contribution in [0.2, 0.25) is 0 Å². The summed E-state index contributed by atoms with van der Waals surface area (Å²) < 4.78 is 0. The van der Waals surface area contributed by atoms with Gasteiger partial charge >= 0.3 is 0 Å². The van der Waals surface area contributed by atoms with Crippen molar-refractivity contribution < 1.29 is 25.8 Å². The fraction of sp³-hybridized carbons (Fsp3) is 0.100. The molecule has 0 aliphatic heterocycles. The van der Waals surface area contributed by atoms with Gasteiger partial charge in [0.15, 0.2) is 0 Å². The molecular formula is C10H11Cl2Hf-. The monoisotopic (exact) mass is 381 g/mol. The molecule has 2 aromatic rings. The Balaban J connectivity index is 0. The summed E-state index contributed by atoms with van der Waals surface area (Å²) in [6.45, 7) is 2.12. The van der Waals surface area contributed by atoms with Gasteiger partial charge in [-0.1, -0.05) is 5.56 Å². The maximum atomic E-state index is 2.20. The SMILES string of the molecule is Cc1ccc2[cH-]ccc2c1.Cl.Cl.[Hf]. The first kappa shape index (κ1) is 15.7. The third-order valence-electron chi connectivity index (χ3n) is 1.79. The minimum atomic E-state index is 0. The number of rotatable bonds is 0. The fourth-order valence-electron chi connectivity index (χ4n) is 1.25. The molecule has 0 spiro atoms. The summed E-state index contributed by atoms with van der Waals surface area (Å²) in [5.74, 6) is 0. The molecule has 0 aliphatic carbocycles. The second kappa shape index (κ2) is 6.69. The molecule has 0 aromatic heterocycles. The van der Waals surface area contributed by atoms with Crippen LogP contribution in [0.25, 0.3) is 10.8 Å². The predicted octanol–water partition coefficient (Wildman–Crippen LogP) is 3.71. The van der Waals surface area contributed by atoms with Crippen LogP contribution in [-0.4, -0.2) is 0 Å². The van der Waals surface area contributed by atoms with Gasteiger partial charge in [0.05, 0.1) is 0 Å². The Morgan fingerprint density at radius 3 is 2.46 bits per heavy atom. The zero-order valence-corrected chi connectivity index (χ0v) is 12.5. The van der Waals surface area contributed by atoms with Crippen molar-refractivity contribution in [2.24, 2.45) is 0 Å². The smallest absolute Gasteiger partial charge is 0 e. The van der Waals surface area contributed by atoms with Gasteiger partial charge in [-0.25, -0.2) is 0 Å². The van der Waals surface area contributed by atoms with Gasteiger partial charge in [0, 0.05) is 25.8 Å². The molecule has 0 N–H and O–H groups in total. The van der Waals surface area contributed by atoms with E-state index >= 15 is 0 Å². The van der Waals surface area contributed by atoms with Crippen molar-refractivity contribution in [3.63, 3.8) is 0 Å². The summed E-state index contributed by atoms with van der Waals surface area (Å²) in [6.07, 6.45) is 0. The van der Waals surface area contributed by atoms with E-state index in [0.29, 0.717) is 0 Å². The van der Waals surface area contributed by atoms with Gasteiger partial charge in [0.25, 0.3) is 0 Å². The molecule has 70 valence electrons. The number of benzene rings is 1. The largest absolute Gasteiger partial charge is 0.168 e. The van der Waals surface area contributed by atoms with Crippen LogP contribution in [0.1, 0.15) is 5.56 Å². The molecule has 0 amide bonds. The molecule has 0 fully saturated rings. The van der Waals surface area contributed by atoms with Gasteiger partial charge in [0.2, 0.25) is 0 Å². The van der Waals surface area contributed by atoms with Crippen molar-refractivity contribution in [3.8, 4) is 0 Å². The Morgan fingerprint density at radius 2 is 1.77 bits per heavy atom. The van der Waals surface area contributed by atoms with Crippen LogP contribution in [0.5, 0.6) is 0 Å². The molecule has 0 nitrogen and oxygen atoms in total. The van der Waals surface area contributed by atoms with E-state index in [0.717, 1.165) is 0 Å². The Labute approximate surface area is 110 Å². The van der Waals surface area contributed by atoms with E-state index < -0.39 is 0 Å². The van der Waals surface area contributed by atoms with Crippen LogP contribution in [-0.2, 0) is 25.8 Å². The van der Waals surface area contributed by atoms with Gasteiger partial charge in [-0.15, -0.1) is 54.5 Å². The van der Waals surface area contributed by atoms with E-state index in [1.165, 1.54) is 16.3 Å². The van der Waals surface area contributed by atoms with Crippen LogP contribution in [0.4, 0.5) is 0 Å². The minimum absolute atomic E-state index is 0. The van der Waals surface area contributed by atoms with E-state index in [1.54, 1.807) is 0 Å². The third-order valence-corrected chi connectivity index (χ3v) is 1.79. The van der Waals surface area contributed by atoms with Crippen LogP contribution in [0.3, 0.4) is 0 Å². The average Bonchev–Trinajstić information content (AvgIpc) is 2.33. The molecule has 0 saturated heterocycles. The van der Waals surface area contributed by atoms with Crippen molar-refractivity contribution in [2.45, 2.75) is 6.92 Å². The number of hydrogen-bond acceptors (Lipinski definition) is 0. The molecule has 0 unspecified atom stereocenters.